The van der Waals surface area contributed by atoms with Gasteiger partial charge in [0, 0.05) is 17.8 Å². The van der Waals surface area contributed by atoms with Crippen molar-refractivity contribution in [3.8, 4) is 0 Å². The molecule has 0 saturated carbocycles. The highest BCUT2D eigenvalue weighted by molar-refractivity contribution is 5.78. The Kier molecular flexibility index (Phi) is 4.86. The molecule has 0 radical (unpaired) electrons. The van der Waals surface area contributed by atoms with E-state index in [1.54, 1.807) is 12.1 Å². The fourth-order valence-electron chi connectivity index (χ4n) is 2.56. The molecule has 2 amide bonds. The van der Waals surface area contributed by atoms with Crippen molar-refractivity contribution >= 4 is 17.0 Å². The molecule has 126 valence electrons. The number of carbonyl (C=O) groups is 1. The van der Waals surface area contributed by atoms with Crippen LogP contribution in [-0.2, 0) is 6.54 Å². The van der Waals surface area contributed by atoms with Gasteiger partial charge in [-0.2, -0.15) is 0 Å². The van der Waals surface area contributed by atoms with Crippen molar-refractivity contribution in [1.82, 2.24) is 10.6 Å². The normalized spacial score (nSPS) is 13.6. The van der Waals surface area contributed by atoms with Crippen LogP contribution in [0.4, 0.5) is 4.79 Å². The number of para-hydroxylation sites is 1. The van der Waals surface area contributed by atoms with Gasteiger partial charge in [-0.05, 0) is 31.2 Å². The summed E-state index contributed by atoms with van der Waals surface area (Å²) in [4.78, 5) is 11.9. The molecule has 0 aliphatic carbocycles. The Hall–Kier alpha value is -2.73. The second-order valence-electron chi connectivity index (χ2n) is 5.75. The molecule has 2 atom stereocenters. The van der Waals surface area contributed by atoms with Gasteiger partial charge in [0.05, 0.1) is 12.8 Å². The lowest BCUT2D eigenvalue weighted by Crippen LogP contribution is -2.41. The monoisotopic (exact) mass is 328 g/mol. The fourth-order valence-corrected chi connectivity index (χ4v) is 2.56. The predicted molar refractivity (Wildman–Crippen MR) is 89.3 cm³/mol. The molecule has 0 aliphatic rings. The van der Waals surface area contributed by atoms with Crippen molar-refractivity contribution < 1.29 is 18.7 Å². The Morgan fingerprint density at radius 2 is 2.08 bits per heavy atom. The van der Waals surface area contributed by atoms with Gasteiger partial charge in [-0.25, -0.2) is 4.79 Å². The minimum absolute atomic E-state index is 0.208. The van der Waals surface area contributed by atoms with Crippen LogP contribution < -0.4 is 10.6 Å². The molecule has 2 heterocycles. The third-order valence-electron chi connectivity index (χ3n) is 3.73. The van der Waals surface area contributed by atoms with E-state index >= 15 is 0 Å². The number of rotatable bonds is 6. The first kappa shape index (κ1) is 16.1. The number of urea groups is 1. The number of furan rings is 2. The summed E-state index contributed by atoms with van der Waals surface area (Å²) in [5.74, 6) is 1.18. The van der Waals surface area contributed by atoms with Crippen LogP contribution in [0.5, 0.6) is 0 Å². The van der Waals surface area contributed by atoms with Crippen molar-refractivity contribution in [2.75, 3.05) is 0 Å². The second kappa shape index (κ2) is 7.23. The molecule has 2 aromatic heterocycles. The van der Waals surface area contributed by atoms with Crippen molar-refractivity contribution in [3.05, 3.63) is 60.2 Å². The lowest BCUT2D eigenvalue weighted by Gasteiger charge is -2.16. The first-order valence-electron chi connectivity index (χ1n) is 7.85. The van der Waals surface area contributed by atoms with Gasteiger partial charge in [0.15, 0.2) is 0 Å². The van der Waals surface area contributed by atoms with Gasteiger partial charge in [-0.15, -0.1) is 0 Å². The zero-order valence-corrected chi connectivity index (χ0v) is 13.4. The van der Waals surface area contributed by atoms with Gasteiger partial charge >= 0.3 is 6.03 Å². The number of hydrogen-bond acceptors (Lipinski definition) is 4. The maximum absolute atomic E-state index is 11.9. The lowest BCUT2D eigenvalue weighted by molar-refractivity contribution is 0.129. The fraction of sp³-hybridized carbons (Fsp3) is 0.278. The smallest absolute Gasteiger partial charge is 0.315 e. The average Bonchev–Trinajstić information content (AvgIpc) is 3.21. The molecule has 0 bridgehead atoms. The second-order valence-corrected chi connectivity index (χ2v) is 5.75. The minimum atomic E-state index is -0.745. The topological polar surface area (TPSA) is 87.6 Å². The van der Waals surface area contributed by atoms with Crippen LogP contribution in [0.25, 0.3) is 11.0 Å². The molecular weight excluding hydrogens is 308 g/mol. The van der Waals surface area contributed by atoms with E-state index in [1.807, 2.05) is 37.3 Å². The molecule has 3 N–H and O–H groups in total. The van der Waals surface area contributed by atoms with Crippen molar-refractivity contribution in [2.24, 2.45) is 0 Å². The molecule has 0 spiro atoms. The van der Waals surface area contributed by atoms with E-state index in [4.69, 9.17) is 8.83 Å². The number of benzene rings is 1. The number of nitrogens with one attached hydrogen (secondary N) is 2. The largest absolute Gasteiger partial charge is 0.467 e. The lowest BCUT2D eigenvalue weighted by atomic mass is 10.1. The van der Waals surface area contributed by atoms with Gasteiger partial charge in [0.1, 0.15) is 23.2 Å². The summed E-state index contributed by atoms with van der Waals surface area (Å²) >= 11 is 0. The number of fused-ring (bicyclic) bond motifs is 1. The Labute approximate surface area is 139 Å². The van der Waals surface area contributed by atoms with Crippen LogP contribution in [-0.4, -0.2) is 17.2 Å². The van der Waals surface area contributed by atoms with Gasteiger partial charge in [0.2, 0.25) is 0 Å². The van der Waals surface area contributed by atoms with Crippen molar-refractivity contribution in [3.63, 3.8) is 0 Å². The highest BCUT2D eigenvalue weighted by Crippen LogP contribution is 2.19. The molecule has 1 aromatic carbocycles. The first-order chi connectivity index (χ1) is 11.6. The highest BCUT2D eigenvalue weighted by Gasteiger charge is 2.16. The third kappa shape index (κ3) is 3.97. The Bertz CT molecular complexity index is 761. The molecule has 2 unspecified atom stereocenters. The number of amides is 2. The summed E-state index contributed by atoms with van der Waals surface area (Å²) in [6.45, 7) is 2.13. The molecule has 0 aliphatic heterocycles. The van der Waals surface area contributed by atoms with Crippen LogP contribution in [0.3, 0.4) is 0 Å². The van der Waals surface area contributed by atoms with E-state index in [1.165, 1.54) is 6.26 Å². The third-order valence-corrected chi connectivity index (χ3v) is 3.73. The van der Waals surface area contributed by atoms with Crippen LogP contribution in [0.1, 0.15) is 31.0 Å². The van der Waals surface area contributed by atoms with Crippen LogP contribution in [0.2, 0.25) is 0 Å². The van der Waals surface area contributed by atoms with Gasteiger partial charge in [-0.1, -0.05) is 18.2 Å². The van der Waals surface area contributed by atoms with Crippen molar-refractivity contribution in [2.45, 2.75) is 32.0 Å². The van der Waals surface area contributed by atoms with Gasteiger partial charge < -0.3 is 24.6 Å². The van der Waals surface area contributed by atoms with E-state index in [2.05, 4.69) is 10.6 Å². The molecule has 24 heavy (non-hydrogen) atoms. The van der Waals surface area contributed by atoms with E-state index in [0.29, 0.717) is 24.5 Å². The van der Waals surface area contributed by atoms with Crippen molar-refractivity contribution in [1.29, 1.82) is 0 Å². The summed E-state index contributed by atoms with van der Waals surface area (Å²) in [7, 11) is 0. The zero-order chi connectivity index (χ0) is 16.9. The van der Waals surface area contributed by atoms with Gasteiger partial charge in [-0.3, -0.25) is 0 Å². The Balaban J connectivity index is 1.46. The van der Waals surface area contributed by atoms with E-state index in [-0.39, 0.29) is 12.1 Å². The number of hydrogen-bond donors (Lipinski definition) is 3. The molecular formula is C18H20N2O4. The van der Waals surface area contributed by atoms with E-state index < -0.39 is 6.10 Å². The summed E-state index contributed by atoms with van der Waals surface area (Å²) < 4.78 is 10.8. The zero-order valence-electron chi connectivity index (χ0n) is 13.4. The molecule has 0 fully saturated rings. The highest BCUT2D eigenvalue weighted by atomic mass is 16.4. The molecule has 3 aromatic rings. The molecule has 0 saturated heterocycles. The van der Waals surface area contributed by atoms with Gasteiger partial charge in [0.25, 0.3) is 0 Å². The molecule has 3 rings (SSSR count). The maximum Gasteiger partial charge on any atom is 0.315 e. The standard InChI is InChI=1S/C18H20N2O4/c1-12(9-15(21)17-7-4-8-23-17)20-18(22)19-11-14-10-13-5-2-3-6-16(13)24-14/h2-8,10,12,15,21H,9,11H2,1H3,(H2,19,20,22). The summed E-state index contributed by atoms with van der Waals surface area (Å²) in [6, 6.07) is 12.5. The maximum atomic E-state index is 11.9. The van der Waals surface area contributed by atoms with E-state index in [9.17, 15) is 9.90 Å². The summed E-state index contributed by atoms with van der Waals surface area (Å²) in [6.07, 6.45) is 1.13. The molecule has 6 heteroatoms. The summed E-state index contributed by atoms with van der Waals surface area (Å²) in [5, 5.41) is 16.5. The SMILES string of the molecule is CC(CC(O)c1ccco1)NC(=O)NCc1cc2ccccc2o1. The van der Waals surface area contributed by atoms with Crippen LogP contribution >= 0.6 is 0 Å². The van der Waals surface area contributed by atoms with Crippen LogP contribution in [0.15, 0.2) is 57.6 Å². The number of aliphatic hydroxyl groups excluding tert-OH is 1. The Morgan fingerprint density at radius 3 is 2.83 bits per heavy atom. The minimum Gasteiger partial charge on any atom is -0.467 e. The first-order valence-corrected chi connectivity index (χ1v) is 7.85. The quantitative estimate of drug-likeness (QED) is 0.647. The van der Waals surface area contributed by atoms with E-state index in [0.717, 1.165) is 11.0 Å². The Morgan fingerprint density at radius 1 is 1.25 bits per heavy atom. The average molecular weight is 328 g/mol. The number of aliphatic hydroxyl groups is 1. The number of carbonyl (C=O) groups excluding carboxylic acids is 1. The molecule has 6 nitrogen and oxygen atoms in total. The predicted octanol–water partition coefficient (Wildman–Crippen LogP) is 3.34. The summed E-state index contributed by atoms with van der Waals surface area (Å²) in [5.41, 5.74) is 0.796. The van der Waals surface area contributed by atoms with Crippen LogP contribution in [0, 0.1) is 0 Å².